The van der Waals surface area contributed by atoms with E-state index in [0.717, 1.165) is 19.4 Å². The van der Waals surface area contributed by atoms with E-state index >= 15 is 0 Å². The van der Waals surface area contributed by atoms with E-state index in [-0.39, 0.29) is 5.91 Å². The summed E-state index contributed by atoms with van der Waals surface area (Å²) in [5.41, 5.74) is 6.27. The summed E-state index contributed by atoms with van der Waals surface area (Å²) >= 11 is 1.24. The Kier molecular flexibility index (Phi) is 4.73. The molecule has 0 spiro atoms. The van der Waals surface area contributed by atoms with Crippen LogP contribution in [0.1, 0.15) is 42.1 Å². The standard InChI is InChI=1S/C11H19N3OS/c1-4-8(5-2)6-13-10(15)9-7(3)14-11(12)16-9/h8H,4-6H2,1-3H3,(H2,12,14)(H,13,15). The molecule has 0 fully saturated rings. The van der Waals surface area contributed by atoms with Gasteiger partial charge < -0.3 is 11.1 Å². The number of rotatable bonds is 5. The van der Waals surface area contributed by atoms with Gasteiger partial charge in [0.2, 0.25) is 0 Å². The van der Waals surface area contributed by atoms with Gasteiger partial charge in [0, 0.05) is 6.54 Å². The molecule has 0 aliphatic carbocycles. The van der Waals surface area contributed by atoms with Crippen molar-refractivity contribution < 1.29 is 4.79 Å². The van der Waals surface area contributed by atoms with Crippen molar-refractivity contribution in [2.75, 3.05) is 12.3 Å². The molecule has 16 heavy (non-hydrogen) atoms. The van der Waals surface area contributed by atoms with Crippen LogP contribution in [0.25, 0.3) is 0 Å². The van der Waals surface area contributed by atoms with E-state index in [0.29, 0.717) is 21.6 Å². The molecule has 0 atom stereocenters. The van der Waals surface area contributed by atoms with Crippen molar-refractivity contribution in [3.63, 3.8) is 0 Å². The van der Waals surface area contributed by atoms with Crippen molar-refractivity contribution in [1.29, 1.82) is 0 Å². The van der Waals surface area contributed by atoms with Crippen molar-refractivity contribution in [2.24, 2.45) is 5.92 Å². The number of aryl methyl sites for hydroxylation is 1. The maximum Gasteiger partial charge on any atom is 0.263 e. The van der Waals surface area contributed by atoms with Gasteiger partial charge in [-0.3, -0.25) is 4.79 Å². The van der Waals surface area contributed by atoms with Crippen LogP contribution in [0.15, 0.2) is 0 Å². The summed E-state index contributed by atoms with van der Waals surface area (Å²) in [7, 11) is 0. The molecule has 0 bridgehead atoms. The summed E-state index contributed by atoms with van der Waals surface area (Å²) in [6.07, 6.45) is 2.17. The predicted molar refractivity (Wildman–Crippen MR) is 67.7 cm³/mol. The Labute approximate surface area is 100 Å². The van der Waals surface area contributed by atoms with Crippen LogP contribution < -0.4 is 11.1 Å². The number of amides is 1. The zero-order chi connectivity index (χ0) is 12.1. The zero-order valence-electron chi connectivity index (χ0n) is 10.0. The smallest absolute Gasteiger partial charge is 0.263 e. The van der Waals surface area contributed by atoms with Crippen molar-refractivity contribution in [1.82, 2.24) is 10.3 Å². The first kappa shape index (κ1) is 13.0. The number of nitrogen functional groups attached to an aromatic ring is 1. The van der Waals surface area contributed by atoms with Crippen LogP contribution in [0, 0.1) is 12.8 Å². The number of hydrogen-bond acceptors (Lipinski definition) is 4. The lowest BCUT2D eigenvalue weighted by atomic mass is 10.0. The van der Waals surface area contributed by atoms with Gasteiger partial charge in [-0.2, -0.15) is 0 Å². The number of carbonyl (C=O) groups excluding carboxylic acids is 1. The maximum atomic E-state index is 11.8. The number of thiazole rings is 1. The van der Waals surface area contributed by atoms with Crippen LogP contribution in [0.4, 0.5) is 5.13 Å². The van der Waals surface area contributed by atoms with Gasteiger partial charge in [0.25, 0.3) is 5.91 Å². The van der Waals surface area contributed by atoms with Crippen molar-refractivity contribution >= 4 is 22.4 Å². The average Bonchev–Trinajstić information content (AvgIpc) is 2.59. The second-order valence-corrected chi connectivity index (χ2v) is 4.89. The molecule has 5 heteroatoms. The van der Waals surface area contributed by atoms with Gasteiger partial charge in [-0.05, 0) is 12.8 Å². The highest BCUT2D eigenvalue weighted by Gasteiger charge is 2.14. The van der Waals surface area contributed by atoms with E-state index in [2.05, 4.69) is 24.1 Å². The second-order valence-electron chi connectivity index (χ2n) is 3.86. The van der Waals surface area contributed by atoms with Gasteiger partial charge in [0.1, 0.15) is 4.88 Å². The normalized spacial score (nSPS) is 10.8. The first-order valence-electron chi connectivity index (χ1n) is 5.59. The van der Waals surface area contributed by atoms with Gasteiger partial charge in [0.15, 0.2) is 5.13 Å². The third-order valence-electron chi connectivity index (χ3n) is 2.73. The molecule has 1 rings (SSSR count). The number of nitrogens with two attached hydrogens (primary N) is 1. The summed E-state index contributed by atoms with van der Waals surface area (Å²) in [5.74, 6) is 0.494. The average molecular weight is 241 g/mol. The summed E-state index contributed by atoms with van der Waals surface area (Å²) in [5, 5.41) is 3.38. The molecule has 1 aromatic heterocycles. The highest BCUT2D eigenvalue weighted by molar-refractivity contribution is 7.17. The number of nitrogens with zero attached hydrogens (tertiary/aromatic N) is 1. The predicted octanol–water partition coefficient (Wildman–Crippen LogP) is 2.20. The molecule has 1 aromatic rings. The molecule has 0 saturated heterocycles. The lowest BCUT2D eigenvalue weighted by Crippen LogP contribution is -2.28. The molecule has 4 nitrogen and oxygen atoms in total. The Hall–Kier alpha value is -1.10. The summed E-state index contributed by atoms with van der Waals surface area (Å²) in [6.45, 7) is 6.80. The maximum absolute atomic E-state index is 11.8. The molecular weight excluding hydrogens is 222 g/mol. The molecule has 3 N–H and O–H groups in total. The molecule has 0 aliphatic heterocycles. The third-order valence-corrected chi connectivity index (χ3v) is 3.71. The molecule has 1 heterocycles. The number of anilines is 1. The quantitative estimate of drug-likeness (QED) is 0.830. The summed E-state index contributed by atoms with van der Waals surface area (Å²) in [4.78, 5) is 16.5. The fourth-order valence-corrected chi connectivity index (χ4v) is 2.27. The van der Waals surface area contributed by atoms with E-state index in [4.69, 9.17) is 5.73 Å². The monoisotopic (exact) mass is 241 g/mol. The second kappa shape index (κ2) is 5.84. The van der Waals surface area contributed by atoms with E-state index in [1.165, 1.54) is 11.3 Å². The highest BCUT2D eigenvalue weighted by atomic mass is 32.1. The van der Waals surface area contributed by atoms with Crippen LogP contribution in [0.3, 0.4) is 0 Å². The lowest BCUT2D eigenvalue weighted by molar-refractivity contribution is 0.0949. The largest absolute Gasteiger partial charge is 0.375 e. The van der Waals surface area contributed by atoms with Gasteiger partial charge in [-0.1, -0.05) is 38.0 Å². The van der Waals surface area contributed by atoms with Crippen LogP contribution in [0.5, 0.6) is 0 Å². The Bertz CT molecular complexity index is 358. The van der Waals surface area contributed by atoms with Crippen LogP contribution in [-0.4, -0.2) is 17.4 Å². The molecular formula is C11H19N3OS. The van der Waals surface area contributed by atoms with Crippen LogP contribution >= 0.6 is 11.3 Å². The Balaban J connectivity index is 2.56. The molecule has 0 aromatic carbocycles. The van der Waals surface area contributed by atoms with Gasteiger partial charge >= 0.3 is 0 Å². The van der Waals surface area contributed by atoms with E-state index in [9.17, 15) is 4.79 Å². The number of carbonyl (C=O) groups is 1. The Morgan fingerprint density at radius 3 is 2.56 bits per heavy atom. The van der Waals surface area contributed by atoms with Crippen LogP contribution in [0.2, 0.25) is 0 Å². The summed E-state index contributed by atoms with van der Waals surface area (Å²) in [6, 6.07) is 0. The first-order valence-corrected chi connectivity index (χ1v) is 6.41. The summed E-state index contributed by atoms with van der Waals surface area (Å²) < 4.78 is 0. The van der Waals surface area contributed by atoms with Gasteiger partial charge in [0.05, 0.1) is 5.69 Å². The lowest BCUT2D eigenvalue weighted by Gasteiger charge is -2.12. The molecule has 0 radical (unpaired) electrons. The van der Waals surface area contributed by atoms with Crippen LogP contribution in [-0.2, 0) is 0 Å². The van der Waals surface area contributed by atoms with E-state index in [1.807, 2.05) is 0 Å². The number of hydrogen-bond donors (Lipinski definition) is 2. The zero-order valence-corrected chi connectivity index (χ0v) is 10.9. The number of nitrogens with one attached hydrogen (secondary N) is 1. The SMILES string of the molecule is CCC(CC)CNC(=O)c1sc(N)nc1C. The molecule has 0 unspecified atom stereocenters. The van der Waals surface area contributed by atoms with E-state index < -0.39 is 0 Å². The van der Waals surface area contributed by atoms with Gasteiger partial charge in [-0.25, -0.2) is 4.98 Å². The minimum absolute atomic E-state index is 0.0569. The van der Waals surface area contributed by atoms with Crippen molar-refractivity contribution in [2.45, 2.75) is 33.6 Å². The van der Waals surface area contributed by atoms with Crippen molar-refractivity contribution in [3.05, 3.63) is 10.6 Å². The fraction of sp³-hybridized carbons (Fsp3) is 0.636. The molecule has 90 valence electrons. The molecule has 0 aliphatic rings. The number of aromatic nitrogens is 1. The minimum atomic E-state index is -0.0569. The topological polar surface area (TPSA) is 68.0 Å². The van der Waals surface area contributed by atoms with E-state index in [1.54, 1.807) is 6.92 Å². The fourth-order valence-electron chi connectivity index (χ4n) is 1.52. The Morgan fingerprint density at radius 2 is 2.12 bits per heavy atom. The molecule has 1 amide bonds. The first-order chi connectivity index (χ1) is 7.58. The van der Waals surface area contributed by atoms with Crippen molar-refractivity contribution in [3.8, 4) is 0 Å². The minimum Gasteiger partial charge on any atom is -0.375 e. The third kappa shape index (κ3) is 3.20. The Morgan fingerprint density at radius 1 is 1.50 bits per heavy atom. The molecule has 0 saturated carbocycles. The highest BCUT2D eigenvalue weighted by Crippen LogP contribution is 2.19. The van der Waals surface area contributed by atoms with Gasteiger partial charge in [-0.15, -0.1) is 0 Å².